The zero-order chi connectivity index (χ0) is 68.5. The van der Waals surface area contributed by atoms with Crippen LogP contribution in [0.25, 0.3) is 0 Å². The number of ether oxygens (including phenoxy) is 6. The highest BCUT2D eigenvalue weighted by Crippen LogP contribution is 2.52. The first-order valence-electron chi connectivity index (χ1n) is 32.4. The monoisotopic (exact) mass is 1310 g/mol. The molecule has 4 aliphatic rings. The first-order chi connectivity index (χ1) is 44.1. The van der Waals surface area contributed by atoms with Crippen LogP contribution in [0.3, 0.4) is 0 Å². The average Bonchev–Trinajstić information content (AvgIpc) is 1.72. The van der Waals surface area contributed by atoms with Gasteiger partial charge in [-0.2, -0.15) is 0 Å². The van der Waals surface area contributed by atoms with Gasteiger partial charge in [0.1, 0.15) is 42.8 Å². The Kier molecular flexibility index (Phi) is 28.1. The van der Waals surface area contributed by atoms with E-state index in [4.69, 9.17) is 28.4 Å². The molecule has 17 atom stereocenters. The number of rotatable bonds is 31. The molecule has 9 N–H and O–H groups in total. The SMILES string of the molecule is CC[C@H](C)[C@@H]([C@@H](CC(=O)N1CCC[C@H]1[C@H](OC)[C@@H](C)C(=O)N[C@H](C)[C@@H](O)c1ccccc1)OC)N(C)C(=O)C(NC(=O)[C@H](C(C)C)N(C)C(=O)OCc1ccc(OC2OC(C(=O)O)C(O)C(O)C2O)c(NC(=O)CCNC(=O)OCC2C3CCC#CCCC32)c1)C(C)C. The molecule has 0 spiro atoms. The van der Waals surface area contributed by atoms with Crippen molar-refractivity contribution in [3.8, 4) is 17.6 Å². The Bertz CT molecular complexity index is 2910. The first-order valence-corrected chi connectivity index (χ1v) is 32.4. The summed E-state index contributed by atoms with van der Waals surface area (Å²) in [5, 5.41) is 63.2. The summed E-state index contributed by atoms with van der Waals surface area (Å²) in [6.45, 7) is 14.4. The number of aliphatic hydroxyl groups is 4. The van der Waals surface area contributed by atoms with Crippen LogP contribution in [-0.2, 0) is 59.1 Å². The highest BCUT2D eigenvalue weighted by Gasteiger charge is 2.51. The van der Waals surface area contributed by atoms with Crippen molar-refractivity contribution in [2.75, 3.05) is 53.3 Å². The highest BCUT2D eigenvalue weighted by atomic mass is 16.7. The van der Waals surface area contributed by atoms with E-state index in [0.717, 1.165) is 30.6 Å². The predicted octanol–water partition coefficient (Wildman–Crippen LogP) is 4.34. The van der Waals surface area contributed by atoms with Crippen LogP contribution in [0.2, 0.25) is 0 Å². The van der Waals surface area contributed by atoms with E-state index >= 15 is 0 Å². The van der Waals surface area contributed by atoms with Crippen molar-refractivity contribution in [1.82, 2.24) is 30.7 Å². The van der Waals surface area contributed by atoms with Gasteiger partial charge in [0.05, 0.1) is 61.1 Å². The highest BCUT2D eigenvalue weighted by molar-refractivity contribution is 5.93. The molecule has 2 aliphatic heterocycles. The molecule has 0 radical (unpaired) electrons. The quantitative estimate of drug-likeness (QED) is 0.0474. The van der Waals surface area contributed by atoms with Crippen molar-refractivity contribution in [3.63, 3.8) is 0 Å². The second-order valence-electron chi connectivity index (χ2n) is 25.8. The van der Waals surface area contributed by atoms with Crippen molar-refractivity contribution in [2.24, 2.45) is 41.4 Å². The standard InChI is InChI=1S/C67H99N7O19/c1-13-38(6)54(49(88-11)33-51(76)74-31-21-26-47(74)59(89-12)39(7)61(81)69-40(8)55(77)42-22-17-16-18-23-42)72(9)63(83)52(36(2)3)71-62(82)53(37(4)5)73(10)67(87)91-34-41-27-28-48(92-65-58(80)56(78)57(79)60(93-65)64(84)85)46(32-41)70-50(75)29-30-68-66(86)90-35-45-43-24-19-14-15-20-25-44(43)45/h16-18,22-23,27-28,32,36-40,43-45,47,49,52-60,65,77-80H,13,19-21,24-26,29-31,33-35H2,1-12H3,(H,68,86)(H,69,81)(H,70,75)(H,71,82)(H,84,85)/t38-,39+,40+,43?,44?,45?,47-,49+,52?,53-,54-,55+,56?,57?,58?,59+,60?,65?/m0/s1. The Morgan fingerprint density at radius 3 is 2.06 bits per heavy atom. The number of methoxy groups -OCH3 is 2. The summed E-state index contributed by atoms with van der Waals surface area (Å²) in [5.41, 5.74) is 0.824. The lowest BCUT2D eigenvalue weighted by molar-refractivity contribution is -0.271. The Morgan fingerprint density at radius 1 is 0.796 bits per heavy atom. The smallest absolute Gasteiger partial charge is 0.410 e. The summed E-state index contributed by atoms with van der Waals surface area (Å²) in [6, 6.07) is 9.05. The number of nitrogens with zero attached hydrogens (tertiary/aromatic N) is 3. The second-order valence-corrected chi connectivity index (χ2v) is 25.8. The number of likely N-dealkylation sites (tertiary alicyclic amines) is 1. The Balaban J connectivity index is 1.10. The molecule has 2 saturated heterocycles. The lowest BCUT2D eigenvalue weighted by atomic mass is 9.89. The van der Waals surface area contributed by atoms with E-state index in [1.54, 1.807) is 65.6 Å². The fourth-order valence-electron chi connectivity index (χ4n) is 13.1. The van der Waals surface area contributed by atoms with E-state index in [2.05, 4.69) is 33.1 Å². The number of carbonyl (C=O) groups is 8. The molecule has 0 aromatic heterocycles. The summed E-state index contributed by atoms with van der Waals surface area (Å²) in [7, 11) is 5.96. The molecule has 1 saturated carbocycles. The van der Waals surface area contributed by atoms with Crippen LogP contribution in [0.4, 0.5) is 15.3 Å². The molecule has 2 aliphatic carbocycles. The third kappa shape index (κ3) is 19.5. The number of anilines is 1. The molecular weight excluding hydrogens is 1210 g/mol. The topological polar surface area (TPSA) is 351 Å². The minimum atomic E-state index is -2.01. The molecule has 516 valence electrons. The third-order valence-electron chi connectivity index (χ3n) is 18.7. The molecular formula is C67H99N7O19. The molecule has 2 aromatic rings. The molecule has 93 heavy (non-hydrogen) atoms. The Hall–Kier alpha value is -7.12. The van der Waals surface area contributed by atoms with Gasteiger partial charge in [0.15, 0.2) is 6.10 Å². The number of hydrogen-bond donors (Lipinski definition) is 9. The zero-order valence-corrected chi connectivity index (χ0v) is 55.7. The average molecular weight is 1310 g/mol. The zero-order valence-electron chi connectivity index (χ0n) is 55.7. The number of benzene rings is 2. The van der Waals surface area contributed by atoms with Gasteiger partial charge in [0, 0.05) is 60.7 Å². The van der Waals surface area contributed by atoms with Gasteiger partial charge in [0.25, 0.3) is 0 Å². The number of aliphatic hydroxyl groups excluding tert-OH is 4. The number of likely N-dealkylation sites (N-methyl/N-ethyl adjacent to an activating group) is 2. The van der Waals surface area contributed by atoms with Gasteiger partial charge in [-0.05, 0) is 91.4 Å². The molecule has 8 unspecified atom stereocenters. The number of alkyl carbamates (subject to hydrolysis) is 1. The van der Waals surface area contributed by atoms with Crippen molar-refractivity contribution < 1.29 is 92.3 Å². The van der Waals surface area contributed by atoms with Crippen molar-refractivity contribution >= 4 is 53.4 Å². The van der Waals surface area contributed by atoms with Gasteiger partial charge >= 0.3 is 18.2 Å². The summed E-state index contributed by atoms with van der Waals surface area (Å²) in [4.78, 5) is 114. The van der Waals surface area contributed by atoms with Gasteiger partial charge in [-0.15, -0.1) is 11.8 Å². The number of hydrogen-bond acceptors (Lipinski definition) is 18. The van der Waals surface area contributed by atoms with Crippen LogP contribution < -0.4 is 26.0 Å². The van der Waals surface area contributed by atoms with E-state index in [9.17, 15) is 63.9 Å². The molecule has 6 rings (SSSR count). The largest absolute Gasteiger partial charge is 0.479 e. The van der Waals surface area contributed by atoms with Crippen molar-refractivity contribution in [1.29, 1.82) is 0 Å². The van der Waals surface area contributed by atoms with E-state index in [1.807, 2.05) is 32.0 Å². The molecule has 26 nitrogen and oxygen atoms in total. The molecule has 7 amide bonds. The molecule has 2 heterocycles. The normalized spacial score (nSPS) is 24.6. The first kappa shape index (κ1) is 74.9. The maximum atomic E-state index is 14.9. The maximum absolute atomic E-state index is 14.9. The lowest BCUT2D eigenvalue weighted by Gasteiger charge is -2.41. The van der Waals surface area contributed by atoms with Crippen LogP contribution >= 0.6 is 0 Å². The summed E-state index contributed by atoms with van der Waals surface area (Å²) < 4.78 is 34.4. The van der Waals surface area contributed by atoms with Crippen LogP contribution in [0.5, 0.6) is 5.75 Å². The summed E-state index contributed by atoms with van der Waals surface area (Å²) >= 11 is 0. The van der Waals surface area contributed by atoms with E-state index in [-0.39, 0.29) is 66.6 Å². The molecule has 3 fully saturated rings. The fraction of sp³-hybridized carbons (Fsp3) is 0.672. The van der Waals surface area contributed by atoms with E-state index in [0.29, 0.717) is 43.2 Å². The second kappa shape index (κ2) is 34.9. The van der Waals surface area contributed by atoms with Gasteiger partial charge in [-0.25, -0.2) is 14.4 Å². The molecule has 26 heteroatoms. The molecule has 0 bridgehead atoms. The lowest BCUT2D eigenvalue weighted by Crippen LogP contribution is -2.61. The van der Waals surface area contributed by atoms with E-state index in [1.165, 1.54) is 44.4 Å². The Morgan fingerprint density at radius 2 is 1.46 bits per heavy atom. The van der Waals surface area contributed by atoms with Crippen LogP contribution in [-0.4, -0.2) is 209 Å². The number of amides is 7. The van der Waals surface area contributed by atoms with Crippen LogP contribution in [0.1, 0.15) is 130 Å². The Labute approximate surface area is 545 Å². The molecule has 2 aromatic carbocycles. The number of carbonyl (C=O) groups excluding carboxylic acids is 7. The summed E-state index contributed by atoms with van der Waals surface area (Å²) in [6.07, 6.45) is -8.96. The number of nitrogens with one attached hydrogen (secondary N) is 4. The van der Waals surface area contributed by atoms with Crippen LogP contribution in [0, 0.1) is 53.3 Å². The van der Waals surface area contributed by atoms with Crippen molar-refractivity contribution in [3.05, 3.63) is 59.7 Å². The maximum Gasteiger partial charge on any atom is 0.410 e. The minimum Gasteiger partial charge on any atom is -0.479 e. The van der Waals surface area contributed by atoms with Gasteiger partial charge in [0.2, 0.25) is 35.8 Å². The van der Waals surface area contributed by atoms with Crippen molar-refractivity contribution in [2.45, 2.75) is 199 Å². The predicted molar refractivity (Wildman–Crippen MR) is 339 cm³/mol. The number of carboxylic acids is 1. The number of carboxylic acid groups (broad SMARTS) is 1. The number of fused-ring (bicyclic) bond motifs is 1. The third-order valence-corrected chi connectivity index (χ3v) is 18.7. The number of aliphatic carboxylic acids is 1. The van der Waals surface area contributed by atoms with Gasteiger partial charge < -0.3 is 85.0 Å². The van der Waals surface area contributed by atoms with E-state index < -0.39 is 139 Å². The van der Waals surface area contributed by atoms with Crippen LogP contribution in [0.15, 0.2) is 48.5 Å². The fourth-order valence-corrected chi connectivity index (χ4v) is 13.1. The summed E-state index contributed by atoms with van der Waals surface area (Å²) in [5.74, 6) is 1.34. The van der Waals surface area contributed by atoms with Gasteiger partial charge in [-0.3, -0.25) is 28.9 Å². The van der Waals surface area contributed by atoms with Gasteiger partial charge in [-0.1, -0.05) is 91.3 Å². The minimum absolute atomic E-state index is 0.0932.